The average Bonchev–Trinajstić information content (AvgIpc) is 1.61. The number of pyridine rings is 1. The van der Waals surface area contributed by atoms with Crippen molar-refractivity contribution in [2.45, 2.75) is 112 Å². The van der Waals surface area contributed by atoms with Crippen LogP contribution >= 0.6 is 0 Å². The van der Waals surface area contributed by atoms with E-state index in [-0.39, 0.29) is 42.7 Å². The van der Waals surface area contributed by atoms with Crippen LogP contribution in [0.4, 0.5) is 22.7 Å². The van der Waals surface area contributed by atoms with E-state index in [4.69, 9.17) is 13.8 Å². The SMILES string of the molecule is [2H]C([2H])([2H])c1cccc(-c2cnc(-n3c4[c-]c(Oc5[c-]c(N6[CH-]N(c7c(-c8ccc(-c9cccc(C(C)(C)C)c9)cc8)cc(C(C)(C)C)cc7-c7ccc(C(C)(C)C)cc7)c7ccccc76)ccc5)ccc4c4ccccc43)cc2C(C)(C)C)c1.[Pt]. The van der Waals surface area contributed by atoms with E-state index in [1.54, 1.807) is 12.1 Å². The van der Waals surface area contributed by atoms with Crippen molar-refractivity contribution in [3.8, 4) is 61.8 Å². The van der Waals surface area contributed by atoms with Crippen molar-refractivity contribution in [2.75, 3.05) is 9.80 Å². The first-order valence-electron chi connectivity index (χ1n) is 30.1. The van der Waals surface area contributed by atoms with Gasteiger partial charge in [-0.25, -0.2) is 4.98 Å². The minimum absolute atomic E-state index is 0. The molecule has 5 nitrogen and oxygen atoms in total. The van der Waals surface area contributed by atoms with Gasteiger partial charge in [-0.15, -0.1) is 48.1 Å². The molecule has 0 amide bonds. The molecule has 12 rings (SSSR count). The number of rotatable bonds is 9. The quantitative estimate of drug-likeness (QED) is 0.135. The zero-order chi connectivity index (χ0) is 60.0. The van der Waals surface area contributed by atoms with Gasteiger partial charge >= 0.3 is 0 Å². The average molecular weight is 1270 g/mol. The third-order valence-electron chi connectivity index (χ3n) is 16.1. The van der Waals surface area contributed by atoms with E-state index < -0.39 is 6.85 Å². The molecular weight excluding hydrogens is 1190 g/mol. The zero-order valence-corrected chi connectivity index (χ0v) is 51.9. The summed E-state index contributed by atoms with van der Waals surface area (Å²) in [5, 5.41) is 2.08. The summed E-state index contributed by atoms with van der Waals surface area (Å²) < 4.78 is 33.3. The van der Waals surface area contributed by atoms with Crippen LogP contribution in [-0.4, -0.2) is 9.55 Å². The second-order valence-corrected chi connectivity index (χ2v) is 26.1. The van der Waals surface area contributed by atoms with E-state index in [0.717, 1.165) is 89.3 Å². The van der Waals surface area contributed by atoms with Gasteiger partial charge in [0, 0.05) is 82.1 Å². The predicted molar refractivity (Wildman–Crippen MR) is 346 cm³/mol. The molecule has 420 valence electrons. The molecule has 2 aromatic heterocycles. The monoisotopic (exact) mass is 1270 g/mol. The third kappa shape index (κ3) is 11.1. The Bertz CT molecular complexity index is 4340. The van der Waals surface area contributed by atoms with Crippen LogP contribution in [0.25, 0.3) is 72.1 Å². The molecule has 0 saturated carbocycles. The van der Waals surface area contributed by atoms with Crippen molar-refractivity contribution >= 4 is 44.6 Å². The standard InChI is InChI=1S/C77H73N4O.Pt/c1-50-21-18-23-55(41-50)66-48-78-72(47-67(66)77(11,12)13)81-68-28-15-14-27-62(68)63-40-39-61(46-71(63)81)82-60-26-20-25-59(45-60)79-49-80(70-30-17-16-29-69(70)79)73-64(52-33-31-51(32-34-52)54-22-19-24-57(42-54)75(5,6)7)43-58(76(8,9)10)44-65(73)53-35-37-56(38-36-53)74(2,3)4;/h14-44,47-49H,1-13H3;/q-3;/i1D3;. The van der Waals surface area contributed by atoms with Crippen LogP contribution in [0.5, 0.6) is 11.5 Å². The van der Waals surface area contributed by atoms with E-state index in [0.29, 0.717) is 17.1 Å². The smallest absolute Gasteiger partial charge is 0.135 e. The summed E-state index contributed by atoms with van der Waals surface area (Å²) in [6.45, 7) is 27.0. The Morgan fingerprint density at radius 1 is 0.458 bits per heavy atom. The van der Waals surface area contributed by atoms with Gasteiger partial charge in [0.25, 0.3) is 0 Å². The second-order valence-electron chi connectivity index (χ2n) is 26.1. The molecular formula is C77H73N4OPt-3. The minimum atomic E-state index is -2.23. The Balaban J connectivity index is 0.00000768. The molecule has 6 heteroatoms. The van der Waals surface area contributed by atoms with E-state index in [9.17, 15) is 0 Å². The first-order valence-corrected chi connectivity index (χ1v) is 28.6. The molecule has 0 bridgehead atoms. The van der Waals surface area contributed by atoms with Gasteiger partial charge in [0.05, 0.1) is 0 Å². The van der Waals surface area contributed by atoms with Gasteiger partial charge in [0.1, 0.15) is 5.82 Å². The predicted octanol–water partition coefficient (Wildman–Crippen LogP) is 21.1. The van der Waals surface area contributed by atoms with Gasteiger partial charge in [-0.2, -0.15) is 12.1 Å². The van der Waals surface area contributed by atoms with Gasteiger partial charge < -0.3 is 19.1 Å². The molecule has 0 saturated heterocycles. The van der Waals surface area contributed by atoms with Gasteiger partial charge in [-0.3, -0.25) is 0 Å². The third-order valence-corrected chi connectivity index (χ3v) is 16.1. The molecule has 0 radical (unpaired) electrons. The van der Waals surface area contributed by atoms with Crippen LogP contribution in [0.1, 0.15) is 115 Å². The summed E-state index contributed by atoms with van der Waals surface area (Å²) in [6, 6.07) is 75.8. The number of aryl methyl sites for hydroxylation is 1. The molecule has 0 N–H and O–H groups in total. The summed E-state index contributed by atoms with van der Waals surface area (Å²) >= 11 is 0. The Hall–Kier alpha value is -7.98. The molecule has 0 atom stereocenters. The van der Waals surface area contributed by atoms with Crippen molar-refractivity contribution in [2.24, 2.45) is 0 Å². The first-order chi connectivity index (χ1) is 40.3. The van der Waals surface area contributed by atoms with Gasteiger partial charge in [0.2, 0.25) is 0 Å². The minimum Gasteiger partial charge on any atom is -0.509 e. The molecule has 9 aromatic carbocycles. The van der Waals surface area contributed by atoms with Gasteiger partial charge in [-0.1, -0.05) is 222 Å². The van der Waals surface area contributed by atoms with E-state index >= 15 is 0 Å². The molecule has 1 aliphatic rings. The maximum atomic E-state index is 8.12. The van der Waals surface area contributed by atoms with Crippen LogP contribution in [0, 0.1) is 25.7 Å². The van der Waals surface area contributed by atoms with Crippen molar-refractivity contribution in [3.05, 3.63) is 247 Å². The van der Waals surface area contributed by atoms with Gasteiger partial charge in [-0.05, 0) is 120 Å². The molecule has 1 aliphatic heterocycles. The fraction of sp³-hybridized carbons (Fsp3) is 0.221. The number of anilines is 4. The van der Waals surface area contributed by atoms with Crippen LogP contribution in [0.3, 0.4) is 0 Å². The molecule has 0 aliphatic carbocycles. The summed E-state index contributed by atoms with van der Waals surface area (Å²) in [7, 11) is 0. The summed E-state index contributed by atoms with van der Waals surface area (Å²) in [5.74, 6) is 1.80. The topological polar surface area (TPSA) is 33.5 Å². The van der Waals surface area contributed by atoms with Crippen molar-refractivity contribution < 1.29 is 29.9 Å². The molecule has 83 heavy (non-hydrogen) atoms. The Morgan fingerprint density at radius 3 is 1.73 bits per heavy atom. The van der Waals surface area contributed by atoms with Crippen LogP contribution in [0.15, 0.2) is 200 Å². The van der Waals surface area contributed by atoms with Crippen LogP contribution < -0.4 is 14.5 Å². The van der Waals surface area contributed by atoms with E-state index in [1.165, 1.54) is 27.8 Å². The first kappa shape index (κ1) is 53.1. The number of hydrogen-bond acceptors (Lipinski definition) is 4. The van der Waals surface area contributed by atoms with Crippen LogP contribution in [-0.2, 0) is 42.7 Å². The number of aromatic nitrogens is 2. The number of hydrogen-bond donors (Lipinski definition) is 0. The molecule has 0 unspecified atom stereocenters. The van der Waals surface area contributed by atoms with Crippen LogP contribution in [0.2, 0.25) is 0 Å². The molecule has 11 aromatic rings. The summed E-state index contributed by atoms with van der Waals surface area (Å²) in [4.78, 5) is 9.70. The number of ether oxygens (including phenoxy) is 1. The number of nitrogens with zero attached hydrogens (tertiary/aromatic N) is 4. The molecule has 0 spiro atoms. The number of benzene rings is 9. The van der Waals surface area contributed by atoms with Crippen molar-refractivity contribution in [1.82, 2.24) is 9.55 Å². The Labute approximate surface area is 511 Å². The van der Waals surface area contributed by atoms with Crippen molar-refractivity contribution in [3.63, 3.8) is 0 Å². The molecule has 0 fully saturated rings. The summed E-state index contributed by atoms with van der Waals surface area (Å²) in [5.41, 5.74) is 19.2. The molecule has 3 heterocycles. The van der Waals surface area contributed by atoms with E-state index in [2.05, 4.69) is 262 Å². The number of fused-ring (bicyclic) bond motifs is 4. The normalized spacial score (nSPS) is 13.6. The fourth-order valence-electron chi connectivity index (χ4n) is 11.4. The Morgan fingerprint density at radius 2 is 1.06 bits per heavy atom. The van der Waals surface area contributed by atoms with Crippen molar-refractivity contribution in [1.29, 1.82) is 0 Å². The largest absolute Gasteiger partial charge is 0.509 e. The van der Waals surface area contributed by atoms with E-state index in [1.807, 2.05) is 42.6 Å². The zero-order valence-electron chi connectivity index (χ0n) is 52.6. The van der Waals surface area contributed by atoms with Gasteiger partial charge in [0.15, 0.2) is 0 Å². The number of para-hydroxylation sites is 3. The summed E-state index contributed by atoms with van der Waals surface area (Å²) in [6.07, 6.45) is 1.88. The Kier molecular flexibility index (Phi) is 13.8. The second kappa shape index (κ2) is 21.6. The maximum absolute atomic E-state index is 8.12. The maximum Gasteiger partial charge on any atom is 0.135 e. The fourth-order valence-corrected chi connectivity index (χ4v) is 11.4.